The minimum Gasteiger partial charge on any atom is -0.398 e. The molecule has 2 rings (SSSR count). The van der Waals surface area contributed by atoms with E-state index in [1.807, 2.05) is 5.43 Å². The molecule has 0 aromatic heterocycles. The molecular formula is C14H13F2N3OS. The average molecular weight is 309 g/mol. The molecule has 110 valence electrons. The highest BCUT2D eigenvalue weighted by Crippen LogP contribution is 2.29. The first-order chi connectivity index (χ1) is 10.0. The number of carbonyl (C=O) groups is 1. The van der Waals surface area contributed by atoms with Crippen LogP contribution in [0.2, 0.25) is 0 Å². The third kappa shape index (κ3) is 3.71. The van der Waals surface area contributed by atoms with E-state index in [-0.39, 0.29) is 11.3 Å². The maximum Gasteiger partial charge on any atom is 0.265 e. The minimum atomic E-state index is -0.508. The van der Waals surface area contributed by atoms with Crippen molar-refractivity contribution in [1.82, 2.24) is 5.43 Å². The largest absolute Gasteiger partial charge is 0.398 e. The van der Waals surface area contributed by atoms with E-state index in [9.17, 15) is 13.6 Å². The summed E-state index contributed by atoms with van der Waals surface area (Å²) in [6.45, 7) is 0. The second kappa shape index (κ2) is 6.55. The molecule has 0 saturated heterocycles. The fraction of sp³-hybridized carbons (Fsp3) is 0.0714. The smallest absolute Gasteiger partial charge is 0.265 e. The number of anilines is 1. The molecule has 2 aromatic carbocycles. The maximum atomic E-state index is 13.7. The van der Waals surface area contributed by atoms with Crippen LogP contribution >= 0.6 is 11.8 Å². The number of hydrogen-bond donors (Lipinski definition) is 3. The van der Waals surface area contributed by atoms with Gasteiger partial charge in [-0.3, -0.25) is 10.2 Å². The molecule has 7 heteroatoms. The lowest BCUT2D eigenvalue weighted by Crippen LogP contribution is -2.30. The molecule has 2 aromatic rings. The first-order valence-corrected chi connectivity index (χ1v) is 6.97. The van der Waals surface area contributed by atoms with Crippen molar-refractivity contribution in [3.05, 3.63) is 59.2 Å². The van der Waals surface area contributed by atoms with Gasteiger partial charge in [0.15, 0.2) is 0 Å². The van der Waals surface area contributed by atoms with Crippen LogP contribution in [0, 0.1) is 11.6 Å². The lowest BCUT2D eigenvalue weighted by atomic mass is 10.1. The summed E-state index contributed by atoms with van der Waals surface area (Å²) in [6.07, 6.45) is 0. The van der Waals surface area contributed by atoms with E-state index >= 15 is 0 Å². The Labute approximate surface area is 124 Å². The van der Waals surface area contributed by atoms with Gasteiger partial charge < -0.3 is 5.73 Å². The van der Waals surface area contributed by atoms with Crippen LogP contribution in [0.15, 0.2) is 41.3 Å². The predicted molar refractivity (Wildman–Crippen MR) is 78.4 cm³/mol. The van der Waals surface area contributed by atoms with Crippen LogP contribution in [-0.4, -0.2) is 5.91 Å². The molecule has 0 aliphatic rings. The van der Waals surface area contributed by atoms with Crippen LogP contribution in [0.3, 0.4) is 0 Å². The second-order valence-corrected chi connectivity index (χ2v) is 5.27. The summed E-state index contributed by atoms with van der Waals surface area (Å²) in [5.41, 5.74) is 8.69. The van der Waals surface area contributed by atoms with E-state index in [1.54, 1.807) is 0 Å². The molecule has 0 radical (unpaired) electrons. The van der Waals surface area contributed by atoms with Crippen LogP contribution < -0.4 is 17.0 Å². The first-order valence-electron chi connectivity index (χ1n) is 5.98. The van der Waals surface area contributed by atoms with Gasteiger partial charge >= 0.3 is 0 Å². The van der Waals surface area contributed by atoms with Crippen molar-refractivity contribution in [3.8, 4) is 0 Å². The summed E-state index contributed by atoms with van der Waals surface area (Å²) < 4.78 is 26.9. The van der Waals surface area contributed by atoms with Gasteiger partial charge in [-0.05, 0) is 42.0 Å². The highest BCUT2D eigenvalue weighted by molar-refractivity contribution is 7.98. The van der Waals surface area contributed by atoms with E-state index < -0.39 is 17.5 Å². The second-order valence-electron chi connectivity index (χ2n) is 4.25. The highest BCUT2D eigenvalue weighted by Gasteiger charge is 2.10. The fourth-order valence-corrected chi connectivity index (χ4v) is 2.66. The average Bonchev–Trinajstić information content (AvgIpc) is 2.48. The summed E-state index contributed by atoms with van der Waals surface area (Å²) in [7, 11) is 0. The molecule has 4 nitrogen and oxygen atoms in total. The molecular weight excluding hydrogens is 296 g/mol. The van der Waals surface area contributed by atoms with E-state index in [0.29, 0.717) is 16.1 Å². The number of nitrogens with one attached hydrogen (secondary N) is 1. The summed E-state index contributed by atoms with van der Waals surface area (Å²) in [5, 5.41) is 0. The van der Waals surface area contributed by atoms with Gasteiger partial charge in [0.25, 0.3) is 5.91 Å². The van der Waals surface area contributed by atoms with Gasteiger partial charge in [-0.2, -0.15) is 0 Å². The molecule has 0 spiro atoms. The zero-order valence-corrected chi connectivity index (χ0v) is 11.7. The van der Waals surface area contributed by atoms with Crippen molar-refractivity contribution in [2.45, 2.75) is 10.6 Å². The molecule has 0 aliphatic heterocycles. The standard InChI is InChI=1S/C14H13F2N3OS/c15-10-2-4-12(17)13(6-10)21-7-9-5-8(14(20)19-18)1-3-11(9)16/h1-6H,7,17-18H2,(H,19,20). The van der Waals surface area contributed by atoms with Crippen molar-refractivity contribution in [3.63, 3.8) is 0 Å². The number of rotatable bonds is 4. The highest BCUT2D eigenvalue weighted by atomic mass is 32.2. The van der Waals surface area contributed by atoms with Crippen molar-refractivity contribution >= 4 is 23.4 Å². The molecule has 0 fully saturated rings. The number of amides is 1. The van der Waals surface area contributed by atoms with Gasteiger partial charge in [0.1, 0.15) is 11.6 Å². The molecule has 0 atom stereocenters. The van der Waals surface area contributed by atoms with Crippen LogP contribution in [0.5, 0.6) is 0 Å². The number of nitrogens with two attached hydrogens (primary N) is 2. The quantitative estimate of drug-likeness (QED) is 0.266. The Hall–Kier alpha value is -2.12. The Morgan fingerprint density at radius 1 is 1.19 bits per heavy atom. The number of halogens is 2. The van der Waals surface area contributed by atoms with Crippen molar-refractivity contribution in [2.75, 3.05) is 5.73 Å². The van der Waals surface area contributed by atoms with Gasteiger partial charge in [-0.15, -0.1) is 11.8 Å². The molecule has 0 aliphatic carbocycles. The van der Waals surface area contributed by atoms with Crippen molar-refractivity contribution < 1.29 is 13.6 Å². The SMILES string of the molecule is NNC(=O)c1ccc(F)c(CSc2cc(F)ccc2N)c1. The normalized spacial score (nSPS) is 10.4. The molecule has 0 saturated carbocycles. The number of nitrogen functional groups attached to an aromatic ring is 2. The predicted octanol–water partition coefficient (Wildman–Crippen LogP) is 2.44. The summed E-state index contributed by atoms with van der Waals surface area (Å²) in [6, 6.07) is 7.92. The molecule has 5 N–H and O–H groups in total. The molecule has 0 heterocycles. The molecule has 1 amide bonds. The van der Waals surface area contributed by atoms with Gasteiger partial charge in [-0.25, -0.2) is 14.6 Å². The Bertz CT molecular complexity index is 679. The van der Waals surface area contributed by atoms with Crippen molar-refractivity contribution in [1.29, 1.82) is 0 Å². The Balaban J connectivity index is 2.19. The lowest BCUT2D eigenvalue weighted by Gasteiger charge is -2.08. The number of carbonyl (C=O) groups excluding carboxylic acids is 1. The van der Waals surface area contributed by atoms with Crippen LogP contribution in [-0.2, 0) is 5.75 Å². The summed E-state index contributed by atoms with van der Waals surface area (Å²) in [4.78, 5) is 11.9. The summed E-state index contributed by atoms with van der Waals surface area (Å²) >= 11 is 1.19. The van der Waals surface area contributed by atoms with Crippen LogP contribution in [0.1, 0.15) is 15.9 Å². The Morgan fingerprint density at radius 3 is 2.67 bits per heavy atom. The lowest BCUT2D eigenvalue weighted by molar-refractivity contribution is 0.0953. The monoisotopic (exact) mass is 309 g/mol. The Kier molecular flexibility index (Phi) is 4.77. The fourth-order valence-electron chi connectivity index (χ4n) is 1.70. The van der Waals surface area contributed by atoms with E-state index in [4.69, 9.17) is 11.6 Å². The molecule has 0 unspecified atom stereocenters. The third-order valence-electron chi connectivity index (χ3n) is 2.80. The van der Waals surface area contributed by atoms with E-state index in [0.717, 1.165) is 0 Å². The van der Waals surface area contributed by atoms with Gasteiger partial charge in [0.05, 0.1) is 0 Å². The van der Waals surface area contributed by atoms with E-state index in [1.165, 1.54) is 48.2 Å². The number of hydrazine groups is 1. The topological polar surface area (TPSA) is 81.1 Å². The maximum absolute atomic E-state index is 13.7. The molecule has 0 bridgehead atoms. The van der Waals surface area contributed by atoms with Gasteiger partial charge in [0, 0.05) is 21.9 Å². The van der Waals surface area contributed by atoms with Crippen molar-refractivity contribution in [2.24, 2.45) is 5.84 Å². The zero-order valence-electron chi connectivity index (χ0n) is 10.9. The van der Waals surface area contributed by atoms with Gasteiger partial charge in [0.2, 0.25) is 0 Å². The minimum absolute atomic E-state index is 0.213. The first kappa shape index (κ1) is 15.3. The number of thioether (sulfide) groups is 1. The molecule has 21 heavy (non-hydrogen) atoms. The summed E-state index contributed by atoms with van der Waals surface area (Å²) in [5.74, 6) is 3.88. The third-order valence-corrected chi connectivity index (χ3v) is 3.92. The number of hydrogen-bond acceptors (Lipinski definition) is 4. The zero-order chi connectivity index (χ0) is 15.4. The number of benzene rings is 2. The van der Waals surface area contributed by atoms with Crippen LogP contribution in [0.4, 0.5) is 14.5 Å². The van der Waals surface area contributed by atoms with E-state index in [2.05, 4.69) is 0 Å². The van der Waals surface area contributed by atoms with Gasteiger partial charge in [-0.1, -0.05) is 0 Å². The van der Waals surface area contributed by atoms with Crippen LogP contribution in [0.25, 0.3) is 0 Å². The Morgan fingerprint density at radius 2 is 1.95 bits per heavy atom.